The molecular weight excluding hydrogens is 560 g/mol. The van der Waals surface area contributed by atoms with Gasteiger partial charge in [0.15, 0.2) is 0 Å². The second-order valence-electron chi connectivity index (χ2n) is 9.01. The molecule has 1 aromatic heterocycles. The second-order valence-corrected chi connectivity index (χ2v) is 10.4. The fraction of sp³-hybridized carbons (Fsp3) is 0.0645. The standard InChI is InChI=1S/C31H22BrClN4O/c32-24-15-11-21(12-16-24)28-19-29(37(34-28)31(38)23-13-17-25(33)18-14-23)27-20-36(26-9-5-2-6-10-26)35-30(27)22-7-3-1-4-8-22/h1-18,20,29H,19H2/t29-/m1/s1. The quantitative estimate of drug-likeness (QED) is 0.211. The topological polar surface area (TPSA) is 50.5 Å². The lowest BCUT2D eigenvalue weighted by atomic mass is 9.96. The first kappa shape index (κ1) is 24.3. The zero-order valence-electron chi connectivity index (χ0n) is 20.2. The van der Waals surface area contributed by atoms with E-state index in [9.17, 15) is 4.79 Å². The van der Waals surface area contributed by atoms with Crippen LogP contribution in [0.15, 0.2) is 125 Å². The molecule has 2 heterocycles. The Kier molecular flexibility index (Phi) is 6.66. The van der Waals surface area contributed by atoms with Crippen molar-refractivity contribution in [2.45, 2.75) is 12.5 Å². The van der Waals surface area contributed by atoms with Crippen molar-refractivity contribution < 1.29 is 4.79 Å². The lowest BCUT2D eigenvalue weighted by molar-refractivity contribution is 0.0711. The van der Waals surface area contributed by atoms with Crippen molar-refractivity contribution in [3.05, 3.63) is 142 Å². The lowest BCUT2D eigenvalue weighted by Gasteiger charge is -2.22. The number of hydrogen-bond acceptors (Lipinski definition) is 3. The molecule has 0 fully saturated rings. The molecule has 186 valence electrons. The molecule has 0 saturated carbocycles. The van der Waals surface area contributed by atoms with Gasteiger partial charge in [0.25, 0.3) is 5.91 Å². The van der Waals surface area contributed by atoms with Crippen molar-refractivity contribution in [1.82, 2.24) is 14.8 Å². The van der Waals surface area contributed by atoms with Crippen LogP contribution >= 0.6 is 27.5 Å². The smallest absolute Gasteiger partial charge is 0.267 e. The number of benzene rings is 4. The minimum absolute atomic E-state index is 0.190. The van der Waals surface area contributed by atoms with Crippen LogP contribution in [-0.4, -0.2) is 26.4 Å². The van der Waals surface area contributed by atoms with Crippen LogP contribution in [0, 0.1) is 0 Å². The fourth-order valence-corrected chi connectivity index (χ4v) is 5.04. The van der Waals surface area contributed by atoms with E-state index in [1.807, 2.05) is 95.8 Å². The SMILES string of the molecule is O=C(c1ccc(Cl)cc1)N1N=C(c2ccc(Br)cc2)C[C@@H]1c1cn(-c2ccccc2)nc1-c1ccccc1. The van der Waals surface area contributed by atoms with Crippen molar-refractivity contribution in [2.24, 2.45) is 5.10 Å². The van der Waals surface area contributed by atoms with Gasteiger partial charge in [0, 0.05) is 38.8 Å². The van der Waals surface area contributed by atoms with Gasteiger partial charge in [-0.3, -0.25) is 4.79 Å². The molecule has 1 aliphatic heterocycles. The molecule has 1 atom stereocenters. The van der Waals surface area contributed by atoms with Crippen LogP contribution in [0.25, 0.3) is 16.9 Å². The van der Waals surface area contributed by atoms with Crippen LogP contribution < -0.4 is 0 Å². The number of nitrogens with zero attached hydrogens (tertiary/aromatic N) is 4. The van der Waals surface area contributed by atoms with Gasteiger partial charge < -0.3 is 0 Å². The second kappa shape index (κ2) is 10.4. The molecule has 6 rings (SSSR count). The maximum atomic E-state index is 13.8. The molecule has 0 bridgehead atoms. The molecule has 7 heteroatoms. The van der Waals surface area contributed by atoms with Crippen LogP contribution in [0.1, 0.15) is 33.9 Å². The van der Waals surface area contributed by atoms with E-state index >= 15 is 0 Å². The molecule has 0 spiro atoms. The van der Waals surface area contributed by atoms with Crippen LogP contribution in [0.4, 0.5) is 0 Å². The Morgan fingerprint density at radius 2 is 1.47 bits per heavy atom. The van der Waals surface area contributed by atoms with Crippen molar-refractivity contribution in [2.75, 3.05) is 0 Å². The summed E-state index contributed by atoms with van der Waals surface area (Å²) in [5.41, 5.74) is 6.01. The Labute approximate surface area is 234 Å². The molecule has 38 heavy (non-hydrogen) atoms. The van der Waals surface area contributed by atoms with Gasteiger partial charge in [0.2, 0.25) is 0 Å². The molecule has 0 radical (unpaired) electrons. The normalized spacial score (nSPS) is 14.9. The Morgan fingerprint density at radius 3 is 2.16 bits per heavy atom. The van der Waals surface area contributed by atoms with Gasteiger partial charge in [-0.1, -0.05) is 88.2 Å². The summed E-state index contributed by atoms with van der Waals surface area (Å²) in [6.45, 7) is 0. The highest BCUT2D eigenvalue weighted by atomic mass is 79.9. The van der Waals surface area contributed by atoms with E-state index in [0.717, 1.165) is 38.3 Å². The number of aromatic nitrogens is 2. The molecule has 0 N–H and O–H groups in total. The van der Waals surface area contributed by atoms with Gasteiger partial charge in [-0.25, -0.2) is 9.69 Å². The number of halogens is 2. The summed E-state index contributed by atoms with van der Waals surface area (Å²) in [5.74, 6) is -0.190. The molecule has 0 aliphatic carbocycles. The Balaban J connectivity index is 1.48. The molecule has 1 amide bonds. The molecule has 5 nitrogen and oxygen atoms in total. The van der Waals surface area contributed by atoms with Crippen molar-refractivity contribution in [3.63, 3.8) is 0 Å². The molecule has 5 aromatic rings. The minimum atomic E-state index is -0.343. The highest BCUT2D eigenvalue weighted by molar-refractivity contribution is 9.10. The molecule has 4 aromatic carbocycles. The van der Waals surface area contributed by atoms with E-state index in [1.54, 1.807) is 29.3 Å². The molecule has 0 unspecified atom stereocenters. The van der Waals surface area contributed by atoms with Crippen molar-refractivity contribution in [1.29, 1.82) is 0 Å². The summed E-state index contributed by atoms with van der Waals surface area (Å²) >= 11 is 9.61. The first-order valence-electron chi connectivity index (χ1n) is 12.2. The highest BCUT2D eigenvalue weighted by Gasteiger charge is 2.36. The van der Waals surface area contributed by atoms with E-state index in [-0.39, 0.29) is 11.9 Å². The van der Waals surface area contributed by atoms with E-state index in [2.05, 4.69) is 15.9 Å². The van der Waals surface area contributed by atoms with Gasteiger partial charge in [-0.15, -0.1) is 0 Å². The number of amides is 1. The van der Waals surface area contributed by atoms with Gasteiger partial charge in [0.05, 0.1) is 23.1 Å². The predicted molar refractivity (Wildman–Crippen MR) is 155 cm³/mol. The number of rotatable bonds is 5. The van der Waals surface area contributed by atoms with E-state index < -0.39 is 0 Å². The Hall–Kier alpha value is -4.00. The zero-order chi connectivity index (χ0) is 26.1. The number of para-hydroxylation sites is 1. The van der Waals surface area contributed by atoms with Crippen LogP contribution in [-0.2, 0) is 0 Å². The Bertz CT molecular complexity index is 1610. The third kappa shape index (κ3) is 4.80. The Morgan fingerprint density at radius 1 is 0.816 bits per heavy atom. The predicted octanol–water partition coefficient (Wildman–Crippen LogP) is 7.95. The number of carbonyl (C=O) groups excluding carboxylic acids is 1. The van der Waals surface area contributed by atoms with E-state index in [4.69, 9.17) is 21.8 Å². The monoisotopic (exact) mass is 580 g/mol. The van der Waals surface area contributed by atoms with E-state index in [1.165, 1.54) is 0 Å². The minimum Gasteiger partial charge on any atom is -0.267 e. The maximum Gasteiger partial charge on any atom is 0.274 e. The van der Waals surface area contributed by atoms with Crippen molar-refractivity contribution >= 4 is 39.1 Å². The largest absolute Gasteiger partial charge is 0.274 e. The van der Waals surface area contributed by atoms with Gasteiger partial charge in [-0.05, 0) is 54.1 Å². The van der Waals surface area contributed by atoms with Gasteiger partial charge in [-0.2, -0.15) is 10.2 Å². The number of hydrogen-bond donors (Lipinski definition) is 0. The van der Waals surface area contributed by atoms with Crippen LogP contribution in [0.2, 0.25) is 5.02 Å². The number of carbonyl (C=O) groups is 1. The van der Waals surface area contributed by atoms with Gasteiger partial charge in [0.1, 0.15) is 0 Å². The van der Waals surface area contributed by atoms with Crippen molar-refractivity contribution in [3.8, 4) is 16.9 Å². The average Bonchev–Trinajstić information content (AvgIpc) is 3.60. The zero-order valence-corrected chi connectivity index (χ0v) is 22.5. The molecule has 0 saturated heterocycles. The van der Waals surface area contributed by atoms with E-state index in [0.29, 0.717) is 17.0 Å². The summed E-state index contributed by atoms with van der Waals surface area (Å²) in [5, 5.41) is 12.0. The maximum absolute atomic E-state index is 13.8. The number of hydrazone groups is 1. The molecular formula is C31H22BrClN4O. The van der Waals surface area contributed by atoms with Crippen LogP contribution in [0.3, 0.4) is 0 Å². The fourth-order valence-electron chi connectivity index (χ4n) is 4.65. The summed E-state index contributed by atoms with van der Waals surface area (Å²) in [4.78, 5) is 13.8. The lowest BCUT2D eigenvalue weighted by Crippen LogP contribution is -2.27. The third-order valence-electron chi connectivity index (χ3n) is 6.56. The molecule has 1 aliphatic rings. The first-order chi connectivity index (χ1) is 18.6. The average molecular weight is 582 g/mol. The highest BCUT2D eigenvalue weighted by Crippen LogP contribution is 2.39. The summed E-state index contributed by atoms with van der Waals surface area (Å²) in [7, 11) is 0. The summed E-state index contributed by atoms with van der Waals surface area (Å²) < 4.78 is 2.86. The first-order valence-corrected chi connectivity index (χ1v) is 13.4. The summed E-state index contributed by atoms with van der Waals surface area (Å²) in [6, 6.07) is 34.6. The van der Waals surface area contributed by atoms with Gasteiger partial charge >= 0.3 is 0 Å². The van der Waals surface area contributed by atoms with Crippen LogP contribution in [0.5, 0.6) is 0 Å². The third-order valence-corrected chi connectivity index (χ3v) is 7.34. The summed E-state index contributed by atoms with van der Waals surface area (Å²) in [6.07, 6.45) is 2.58.